The Labute approximate surface area is 222 Å². The molecule has 2 aromatic carbocycles. The summed E-state index contributed by atoms with van der Waals surface area (Å²) in [6.45, 7) is 1.41. The van der Waals surface area contributed by atoms with Crippen molar-refractivity contribution in [2.45, 2.75) is 24.3 Å². The Bertz CT molecular complexity index is 1670. The number of allylic oxidation sites excluding steroid dienone is 3. The minimum Gasteiger partial charge on any atom is -0.305 e. The van der Waals surface area contributed by atoms with E-state index >= 15 is 0 Å². The van der Waals surface area contributed by atoms with Crippen LogP contribution in [0.4, 0.5) is 13.2 Å². The van der Waals surface area contributed by atoms with E-state index in [2.05, 4.69) is 10.1 Å². The van der Waals surface area contributed by atoms with Crippen LogP contribution in [0.15, 0.2) is 85.2 Å². The molecule has 38 heavy (non-hydrogen) atoms. The third kappa shape index (κ3) is 4.37. The number of aryl methyl sites for hydroxylation is 1. The fourth-order valence-electron chi connectivity index (χ4n) is 4.84. The first-order valence-electron chi connectivity index (χ1n) is 11.5. The molecule has 11 heteroatoms. The number of halogens is 4. The molecule has 6 nitrogen and oxygen atoms in total. The average Bonchev–Trinajstić information content (AvgIpc) is 3.51. The van der Waals surface area contributed by atoms with Crippen LogP contribution >= 0.6 is 11.6 Å². The van der Waals surface area contributed by atoms with Gasteiger partial charge in [0.1, 0.15) is 5.82 Å². The summed E-state index contributed by atoms with van der Waals surface area (Å²) in [6.07, 6.45) is 1.95. The summed E-state index contributed by atoms with van der Waals surface area (Å²) in [5.74, 6) is 0.00530. The van der Waals surface area contributed by atoms with Crippen LogP contribution in [0.5, 0.6) is 0 Å². The molecule has 0 aliphatic heterocycles. The SMILES string of the molecule is Cc1nc(C(F)(F)F)cn1C1=CC=C(c2ccccc2)CC1(c1ccnn1-c1ccc(Cl)cc1)S(C)(=O)=O. The summed E-state index contributed by atoms with van der Waals surface area (Å²) in [5, 5.41) is 4.89. The predicted molar refractivity (Wildman–Crippen MR) is 140 cm³/mol. The van der Waals surface area contributed by atoms with E-state index in [0.29, 0.717) is 16.3 Å². The molecule has 0 bridgehead atoms. The number of aromatic nitrogens is 4. The lowest BCUT2D eigenvalue weighted by Gasteiger charge is -2.38. The molecule has 2 heterocycles. The zero-order valence-corrected chi connectivity index (χ0v) is 21.9. The molecule has 4 aromatic rings. The normalized spacial score (nSPS) is 18.3. The molecule has 0 N–H and O–H groups in total. The molecular formula is C27H22ClF3N4O2S. The molecule has 0 saturated carbocycles. The maximum absolute atomic E-state index is 13.9. The van der Waals surface area contributed by atoms with Crippen molar-refractivity contribution in [3.8, 4) is 5.69 Å². The summed E-state index contributed by atoms with van der Waals surface area (Å²) in [6, 6.07) is 17.5. The fraction of sp³-hybridized carbons (Fsp3) is 0.185. The van der Waals surface area contributed by atoms with E-state index in [9.17, 15) is 21.6 Å². The molecule has 0 amide bonds. The number of benzene rings is 2. The van der Waals surface area contributed by atoms with E-state index in [4.69, 9.17) is 11.6 Å². The Morgan fingerprint density at radius 1 is 1.00 bits per heavy atom. The molecular weight excluding hydrogens is 537 g/mol. The standard InChI is InChI=1S/C27H22ClF3N4O2S/c1-18-33-23(27(29,30)31)17-34(18)24-13-8-20(19-6-4-3-5-7-19)16-26(24,38(2,36)37)25-14-15-32-35(25)22-11-9-21(28)10-12-22/h3-15,17H,16H2,1-2H3. The number of nitrogens with zero attached hydrogens (tertiary/aromatic N) is 4. The van der Waals surface area contributed by atoms with Crippen LogP contribution < -0.4 is 0 Å². The molecule has 196 valence electrons. The molecule has 1 aliphatic carbocycles. The number of imidazole rings is 1. The second kappa shape index (κ2) is 9.28. The second-order valence-corrected chi connectivity index (χ2v) is 11.7. The van der Waals surface area contributed by atoms with Gasteiger partial charge in [0, 0.05) is 30.1 Å². The van der Waals surface area contributed by atoms with Crippen molar-refractivity contribution >= 4 is 32.7 Å². The van der Waals surface area contributed by atoms with Gasteiger partial charge in [0.05, 0.1) is 17.1 Å². The number of alkyl halides is 3. The fourth-order valence-corrected chi connectivity index (χ4v) is 6.46. The van der Waals surface area contributed by atoms with Crippen LogP contribution in [-0.2, 0) is 20.8 Å². The van der Waals surface area contributed by atoms with Crippen molar-refractivity contribution in [1.82, 2.24) is 19.3 Å². The zero-order chi connectivity index (χ0) is 27.3. The van der Waals surface area contributed by atoms with Gasteiger partial charge in [-0.1, -0.05) is 48.0 Å². The van der Waals surface area contributed by atoms with Gasteiger partial charge in [-0.3, -0.25) is 0 Å². The highest BCUT2D eigenvalue weighted by molar-refractivity contribution is 7.92. The number of hydrogen-bond donors (Lipinski definition) is 0. The van der Waals surface area contributed by atoms with Crippen molar-refractivity contribution in [3.63, 3.8) is 0 Å². The predicted octanol–water partition coefficient (Wildman–Crippen LogP) is 6.32. The number of hydrogen-bond acceptors (Lipinski definition) is 4. The third-order valence-corrected chi connectivity index (χ3v) is 8.71. The lowest BCUT2D eigenvalue weighted by Crippen LogP contribution is -2.41. The van der Waals surface area contributed by atoms with Gasteiger partial charge in [-0.2, -0.15) is 18.3 Å². The van der Waals surface area contributed by atoms with Gasteiger partial charge in [0.2, 0.25) is 0 Å². The molecule has 2 aromatic heterocycles. The summed E-state index contributed by atoms with van der Waals surface area (Å²) in [5.41, 5.74) is 1.34. The summed E-state index contributed by atoms with van der Waals surface area (Å²) in [7, 11) is -4.06. The van der Waals surface area contributed by atoms with E-state index in [0.717, 1.165) is 18.0 Å². The number of rotatable bonds is 5. The van der Waals surface area contributed by atoms with Crippen LogP contribution in [0.1, 0.15) is 29.2 Å². The summed E-state index contributed by atoms with van der Waals surface area (Å²) >= 11 is 6.06. The first-order valence-corrected chi connectivity index (χ1v) is 13.8. The smallest absolute Gasteiger partial charge is 0.305 e. The minimum absolute atomic E-state index is 0.00530. The Morgan fingerprint density at radius 3 is 2.29 bits per heavy atom. The zero-order valence-electron chi connectivity index (χ0n) is 20.3. The summed E-state index contributed by atoms with van der Waals surface area (Å²) < 4.78 is 69.5. The molecule has 0 fully saturated rings. The second-order valence-electron chi connectivity index (χ2n) is 9.03. The van der Waals surface area contributed by atoms with Gasteiger partial charge in [-0.25, -0.2) is 18.1 Å². The van der Waals surface area contributed by atoms with Gasteiger partial charge >= 0.3 is 6.18 Å². The highest BCUT2D eigenvalue weighted by Crippen LogP contribution is 2.50. The summed E-state index contributed by atoms with van der Waals surface area (Å²) in [4.78, 5) is 3.70. The monoisotopic (exact) mass is 558 g/mol. The van der Waals surface area contributed by atoms with Crippen molar-refractivity contribution in [2.75, 3.05) is 6.26 Å². The molecule has 1 atom stereocenters. The quantitative estimate of drug-likeness (QED) is 0.287. The van der Waals surface area contributed by atoms with Gasteiger partial charge < -0.3 is 4.57 Å². The Morgan fingerprint density at radius 2 is 1.68 bits per heavy atom. The maximum Gasteiger partial charge on any atom is 0.434 e. The van der Waals surface area contributed by atoms with E-state index in [-0.39, 0.29) is 23.6 Å². The third-order valence-electron chi connectivity index (χ3n) is 6.63. The molecule has 5 rings (SSSR count). The van der Waals surface area contributed by atoms with Crippen LogP contribution in [-0.4, -0.2) is 34.0 Å². The van der Waals surface area contributed by atoms with Crippen molar-refractivity contribution in [3.05, 3.63) is 113 Å². The van der Waals surface area contributed by atoms with Crippen molar-refractivity contribution in [2.24, 2.45) is 0 Å². The topological polar surface area (TPSA) is 69.8 Å². The highest BCUT2D eigenvalue weighted by Gasteiger charge is 2.52. The lowest BCUT2D eigenvalue weighted by molar-refractivity contribution is -0.141. The Hall–Kier alpha value is -3.63. The Kier molecular flexibility index (Phi) is 6.35. The van der Waals surface area contributed by atoms with Gasteiger partial charge in [-0.05, 0) is 54.5 Å². The van der Waals surface area contributed by atoms with E-state index in [1.165, 1.54) is 22.4 Å². The van der Waals surface area contributed by atoms with Gasteiger partial charge in [0.25, 0.3) is 0 Å². The van der Waals surface area contributed by atoms with Gasteiger partial charge in [0.15, 0.2) is 20.3 Å². The minimum atomic E-state index is -4.70. The van der Waals surface area contributed by atoms with E-state index < -0.39 is 26.5 Å². The molecule has 0 spiro atoms. The van der Waals surface area contributed by atoms with Crippen LogP contribution in [0.25, 0.3) is 17.0 Å². The molecule has 0 radical (unpaired) electrons. The first-order chi connectivity index (χ1) is 17.9. The lowest BCUT2D eigenvalue weighted by atomic mass is 9.84. The van der Waals surface area contributed by atoms with Crippen LogP contribution in [0.2, 0.25) is 5.02 Å². The van der Waals surface area contributed by atoms with Crippen molar-refractivity contribution in [1.29, 1.82) is 0 Å². The van der Waals surface area contributed by atoms with E-state index in [1.807, 2.05) is 30.3 Å². The molecule has 1 unspecified atom stereocenters. The first kappa shape index (κ1) is 26.0. The Balaban J connectivity index is 1.82. The molecule has 1 aliphatic rings. The highest BCUT2D eigenvalue weighted by atomic mass is 35.5. The molecule has 0 saturated heterocycles. The van der Waals surface area contributed by atoms with Crippen LogP contribution in [0, 0.1) is 6.92 Å². The maximum atomic E-state index is 13.9. The van der Waals surface area contributed by atoms with Gasteiger partial charge in [-0.15, -0.1) is 0 Å². The van der Waals surface area contributed by atoms with E-state index in [1.54, 1.807) is 42.5 Å². The van der Waals surface area contributed by atoms with Crippen molar-refractivity contribution < 1.29 is 21.6 Å². The number of sulfone groups is 1. The largest absolute Gasteiger partial charge is 0.434 e. The van der Waals surface area contributed by atoms with Crippen LogP contribution in [0.3, 0.4) is 0 Å². The average molecular weight is 559 g/mol.